The molecule has 0 aliphatic heterocycles. The second-order valence-electron chi connectivity index (χ2n) is 8.61. The van der Waals surface area contributed by atoms with Gasteiger partial charge in [-0.15, -0.1) is 0 Å². The van der Waals surface area contributed by atoms with Crippen molar-refractivity contribution in [2.75, 3.05) is 19.6 Å². The Kier molecular flexibility index (Phi) is 25.8. The van der Waals surface area contributed by atoms with Crippen molar-refractivity contribution in [2.24, 2.45) is 5.73 Å². The first-order valence-corrected chi connectivity index (χ1v) is 12.8. The van der Waals surface area contributed by atoms with Crippen LogP contribution < -0.4 is 11.1 Å². The third-order valence-corrected chi connectivity index (χ3v) is 5.76. The molecule has 0 aromatic heterocycles. The summed E-state index contributed by atoms with van der Waals surface area (Å²) < 4.78 is 0. The minimum Gasteiger partial charge on any atom is -0.330 e. The number of hydrogen-bond donors (Lipinski definition) is 2. The lowest BCUT2D eigenvalue weighted by Crippen LogP contribution is -2.19. The van der Waals surface area contributed by atoms with Gasteiger partial charge in [0.05, 0.1) is 0 Å². The third kappa shape index (κ3) is 25.9. The summed E-state index contributed by atoms with van der Waals surface area (Å²) in [6, 6.07) is 0. The zero-order chi connectivity index (χ0) is 19.7. The molecule has 0 saturated heterocycles. The van der Waals surface area contributed by atoms with Crippen molar-refractivity contribution in [3.05, 3.63) is 0 Å². The van der Waals surface area contributed by atoms with Crippen LogP contribution in [0.25, 0.3) is 0 Å². The molecule has 3 N–H and O–H groups in total. The van der Waals surface area contributed by atoms with Crippen LogP contribution in [0.4, 0.5) is 0 Å². The van der Waals surface area contributed by atoms with E-state index in [1.165, 1.54) is 135 Å². The van der Waals surface area contributed by atoms with E-state index in [1.54, 1.807) is 0 Å². The lowest BCUT2D eigenvalue weighted by Gasteiger charge is -2.05. The largest absolute Gasteiger partial charge is 0.330 e. The standard InChI is InChI=1S/C25H54N2/c1-2-3-4-5-6-7-8-9-10-11-12-13-14-15-16-17-18-19-20-21-24-27-25-22-23-26/h27H,2-26H2,1H3. The third-order valence-electron chi connectivity index (χ3n) is 5.76. The molecule has 0 heterocycles. The van der Waals surface area contributed by atoms with E-state index < -0.39 is 0 Å². The molecular formula is C25H54N2. The Morgan fingerprint density at radius 1 is 0.407 bits per heavy atom. The van der Waals surface area contributed by atoms with Crippen LogP contribution in [0.1, 0.15) is 142 Å². The molecular weight excluding hydrogens is 328 g/mol. The van der Waals surface area contributed by atoms with E-state index >= 15 is 0 Å². The van der Waals surface area contributed by atoms with Gasteiger partial charge in [-0.25, -0.2) is 0 Å². The van der Waals surface area contributed by atoms with Gasteiger partial charge in [-0.1, -0.05) is 129 Å². The Hall–Kier alpha value is -0.0800. The van der Waals surface area contributed by atoms with E-state index in [2.05, 4.69) is 12.2 Å². The summed E-state index contributed by atoms with van der Waals surface area (Å²) in [4.78, 5) is 0. The summed E-state index contributed by atoms with van der Waals surface area (Å²) in [7, 11) is 0. The second-order valence-corrected chi connectivity index (χ2v) is 8.61. The number of rotatable bonds is 24. The Labute approximate surface area is 172 Å². The van der Waals surface area contributed by atoms with E-state index in [-0.39, 0.29) is 0 Å². The first-order valence-electron chi connectivity index (χ1n) is 12.8. The molecule has 0 aromatic rings. The number of hydrogen-bond acceptors (Lipinski definition) is 2. The van der Waals surface area contributed by atoms with Crippen LogP contribution in [0, 0.1) is 0 Å². The van der Waals surface area contributed by atoms with Gasteiger partial charge in [0.1, 0.15) is 0 Å². The van der Waals surface area contributed by atoms with E-state index in [0.717, 1.165) is 19.5 Å². The Morgan fingerprint density at radius 3 is 1.04 bits per heavy atom. The average Bonchev–Trinajstić information content (AvgIpc) is 2.68. The van der Waals surface area contributed by atoms with Crippen molar-refractivity contribution in [1.82, 2.24) is 5.32 Å². The minimum atomic E-state index is 0.812. The summed E-state index contributed by atoms with van der Waals surface area (Å²) in [5, 5.41) is 3.47. The molecule has 0 saturated carbocycles. The highest BCUT2D eigenvalue weighted by Gasteiger charge is 1.95. The molecule has 2 nitrogen and oxygen atoms in total. The fourth-order valence-electron chi connectivity index (χ4n) is 3.86. The Bertz CT molecular complexity index is 218. The normalized spacial score (nSPS) is 11.3. The Morgan fingerprint density at radius 2 is 0.704 bits per heavy atom. The van der Waals surface area contributed by atoms with Crippen LogP contribution in [0.2, 0.25) is 0 Å². The first kappa shape index (κ1) is 26.9. The molecule has 164 valence electrons. The summed E-state index contributed by atoms with van der Waals surface area (Å²) in [5.74, 6) is 0. The van der Waals surface area contributed by atoms with Gasteiger partial charge in [0.15, 0.2) is 0 Å². The van der Waals surface area contributed by atoms with Crippen molar-refractivity contribution in [2.45, 2.75) is 142 Å². The molecule has 2 heteroatoms. The molecule has 0 atom stereocenters. The monoisotopic (exact) mass is 382 g/mol. The van der Waals surface area contributed by atoms with Crippen LogP contribution in [0.15, 0.2) is 0 Å². The molecule has 0 aliphatic carbocycles. The molecule has 0 fully saturated rings. The average molecular weight is 383 g/mol. The fraction of sp³-hybridized carbons (Fsp3) is 1.00. The lowest BCUT2D eigenvalue weighted by molar-refractivity contribution is 0.519. The molecule has 0 rings (SSSR count). The van der Waals surface area contributed by atoms with Gasteiger partial charge in [0.25, 0.3) is 0 Å². The second kappa shape index (κ2) is 25.9. The van der Waals surface area contributed by atoms with Gasteiger partial charge in [0.2, 0.25) is 0 Å². The van der Waals surface area contributed by atoms with Crippen LogP contribution in [0.5, 0.6) is 0 Å². The van der Waals surface area contributed by atoms with Crippen molar-refractivity contribution in [3.63, 3.8) is 0 Å². The molecule has 0 radical (unpaired) electrons. The van der Waals surface area contributed by atoms with Crippen LogP contribution >= 0.6 is 0 Å². The van der Waals surface area contributed by atoms with Crippen molar-refractivity contribution >= 4 is 0 Å². The van der Waals surface area contributed by atoms with Gasteiger partial charge in [-0.05, 0) is 32.5 Å². The van der Waals surface area contributed by atoms with Crippen LogP contribution in [0.3, 0.4) is 0 Å². The summed E-state index contributed by atoms with van der Waals surface area (Å²) in [6.45, 7) is 5.38. The summed E-state index contributed by atoms with van der Waals surface area (Å²) >= 11 is 0. The number of unbranched alkanes of at least 4 members (excludes halogenated alkanes) is 19. The highest BCUT2D eigenvalue weighted by Crippen LogP contribution is 2.14. The Balaban J connectivity index is 2.95. The van der Waals surface area contributed by atoms with E-state index in [0.29, 0.717) is 0 Å². The molecule has 0 amide bonds. The number of nitrogens with two attached hydrogens (primary N) is 1. The van der Waals surface area contributed by atoms with Crippen LogP contribution in [-0.2, 0) is 0 Å². The van der Waals surface area contributed by atoms with Gasteiger partial charge in [-0.3, -0.25) is 0 Å². The highest BCUT2D eigenvalue weighted by atomic mass is 14.8. The smallest absolute Gasteiger partial charge is 0.00369 e. The fourth-order valence-corrected chi connectivity index (χ4v) is 3.86. The zero-order valence-corrected chi connectivity index (χ0v) is 19.0. The van der Waals surface area contributed by atoms with E-state index in [4.69, 9.17) is 5.73 Å². The van der Waals surface area contributed by atoms with Crippen molar-refractivity contribution in [3.8, 4) is 0 Å². The molecule has 0 spiro atoms. The molecule has 27 heavy (non-hydrogen) atoms. The first-order chi connectivity index (χ1) is 13.4. The molecule has 0 aromatic carbocycles. The quantitative estimate of drug-likeness (QED) is 0.167. The predicted octanol–water partition coefficient (Wildman–Crippen LogP) is 7.75. The van der Waals surface area contributed by atoms with E-state index in [9.17, 15) is 0 Å². The van der Waals surface area contributed by atoms with E-state index in [1.807, 2.05) is 0 Å². The van der Waals surface area contributed by atoms with Gasteiger partial charge < -0.3 is 11.1 Å². The van der Waals surface area contributed by atoms with Crippen LogP contribution in [-0.4, -0.2) is 19.6 Å². The predicted molar refractivity (Wildman–Crippen MR) is 125 cm³/mol. The lowest BCUT2D eigenvalue weighted by atomic mass is 10.0. The summed E-state index contributed by atoms with van der Waals surface area (Å²) in [6.07, 6.45) is 30.2. The number of nitrogens with one attached hydrogen (secondary N) is 1. The molecule has 0 bridgehead atoms. The summed E-state index contributed by atoms with van der Waals surface area (Å²) in [5.41, 5.74) is 5.48. The maximum atomic E-state index is 5.48. The van der Waals surface area contributed by atoms with Crippen molar-refractivity contribution in [1.29, 1.82) is 0 Å². The topological polar surface area (TPSA) is 38.0 Å². The van der Waals surface area contributed by atoms with Gasteiger partial charge in [-0.2, -0.15) is 0 Å². The minimum absolute atomic E-state index is 0.812. The molecule has 0 aliphatic rings. The van der Waals surface area contributed by atoms with Gasteiger partial charge >= 0.3 is 0 Å². The highest BCUT2D eigenvalue weighted by molar-refractivity contribution is 4.52. The molecule has 0 unspecified atom stereocenters. The maximum absolute atomic E-state index is 5.48. The zero-order valence-electron chi connectivity index (χ0n) is 19.0. The SMILES string of the molecule is CCCCCCCCCCCCCCCCCCCCCCNCCCN. The maximum Gasteiger partial charge on any atom is -0.00369 e. The van der Waals surface area contributed by atoms with Crippen molar-refractivity contribution < 1.29 is 0 Å². The van der Waals surface area contributed by atoms with Gasteiger partial charge in [0, 0.05) is 0 Å².